The van der Waals surface area contributed by atoms with Crippen LogP contribution >= 0.6 is 11.3 Å². The Labute approximate surface area is 120 Å². The summed E-state index contributed by atoms with van der Waals surface area (Å²) in [5, 5.41) is 0.792. The summed E-state index contributed by atoms with van der Waals surface area (Å²) in [6, 6.07) is 7.43. The van der Waals surface area contributed by atoms with Crippen molar-refractivity contribution in [1.82, 2.24) is 9.97 Å². The molecule has 5 heteroatoms. The third kappa shape index (κ3) is 2.06. The molecule has 0 aliphatic heterocycles. The highest BCUT2D eigenvalue weighted by molar-refractivity contribution is 7.13. The average molecular weight is 283 g/mol. The highest BCUT2D eigenvalue weighted by atomic mass is 32.1. The van der Waals surface area contributed by atoms with Gasteiger partial charge in [0.25, 0.3) is 0 Å². The summed E-state index contributed by atoms with van der Waals surface area (Å²) in [5.74, 6) is -0.433. The van der Waals surface area contributed by atoms with Gasteiger partial charge in [-0.2, -0.15) is 0 Å². The first-order valence-corrected chi connectivity index (χ1v) is 7.20. The van der Waals surface area contributed by atoms with Crippen molar-refractivity contribution in [3.8, 4) is 10.4 Å². The van der Waals surface area contributed by atoms with Crippen LogP contribution in [0.3, 0.4) is 0 Å². The lowest BCUT2D eigenvalue weighted by Gasteiger charge is -2.09. The summed E-state index contributed by atoms with van der Waals surface area (Å²) in [6.07, 6.45) is 2.64. The van der Waals surface area contributed by atoms with E-state index in [2.05, 4.69) is 16.9 Å². The average Bonchev–Trinajstić information content (AvgIpc) is 2.98. The number of primary amides is 1. The molecular formula is C15H13N3OS. The standard InChI is InChI=1S/C15H13N3OS/c1-2-12-11(14-7-17-8-20-14)6-10-9(15(16)19)4-3-5-13(10)18-12/h3-8H,2H2,1H3,(H2,16,19). The number of aromatic nitrogens is 2. The first-order valence-electron chi connectivity index (χ1n) is 6.32. The van der Waals surface area contributed by atoms with Crippen LogP contribution in [0.2, 0.25) is 0 Å². The lowest BCUT2D eigenvalue weighted by Crippen LogP contribution is -2.11. The minimum absolute atomic E-state index is 0.433. The molecule has 0 aliphatic rings. The second-order valence-electron chi connectivity index (χ2n) is 4.44. The number of aryl methyl sites for hydroxylation is 1. The molecule has 1 aromatic carbocycles. The fourth-order valence-corrected chi connectivity index (χ4v) is 2.94. The van der Waals surface area contributed by atoms with Crippen molar-refractivity contribution in [2.75, 3.05) is 0 Å². The molecule has 2 aromatic heterocycles. The van der Waals surface area contributed by atoms with Gasteiger partial charge in [0.05, 0.1) is 15.9 Å². The van der Waals surface area contributed by atoms with Gasteiger partial charge in [-0.3, -0.25) is 14.8 Å². The summed E-state index contributed by atoms with van der Waals surface area (Å²) in [7, 11) is 0. The largest absolute Gasteiger partial charge is 0.366 e. The molecule has 2 heterocycles. The van der Waals surface area contributed by atoms with Crippen LogP contribution in [-0.2, 0) is 6.42 Å². The number of carbonyl (C=O) groups excluding carboxylic acids is 1. The third-order valence-corrected chi connectivity index (χ3v) is 4.04. The highest BCUT2D eigenvalue weighted by Gasteiger charge is 2.13. The van der Waals surface area contributed by atoms with Crippen LogP contribution in [-0.4, -0.2) is 15.9 Å². The molecule has 0 saturated carbocycles. The first kappa shape index (κ1) is 12.7. The molecule has 0 fully saturated rings. The maximum absolute atomic E-state index is 11.6. The van der Waals surface area contributed by atoms with E-state index in [1.54, 1.807) is 29.0 Å². The maximum Gasteiger partial charge on any atom is 0.249 e. The molecule has 3 rings (SSSR count). The van der Waals surface area contributed by atoms with Gasteiger partial charge in [-0.15, -0.1) is 11.3 Å². The van der Waals surface area contributed by atoms with E-state index in [-0.39, 0.29) is 0 Å². The molecule has 0 aliphatic carbocycles. The summed E-state index contributed by atoms with van der Waals surface area (Å²) in [4.78, 5) is 21.4. The highest BCUT2D eigenvalue weighted by Crippen LogP contribution is 2.30. The van der Waals surface area contributed by atoms with Crippen LogP contribution in [0.1, 0.15) is 23.0 Å². The number of thiazole rings is 1. The lowest BCUT2D eigenvalue weighted by atomic mass is 10.0. The van der Waals surface area contributed by atoms with Crippen LogP contribution in [0, 0.1) is 0 Å². The molecule has 100 valence electrons. The summed E-state index contributed by atoms with van der Waals surface area (Å²) in [5.41, 5.74) is 10.6. The summed E-state index contributed by atoms with van der Waals surface area (Å²) >= 11 is 1.56. The van der Waals surface area contributed by atoms with Gasteiger partial charge in [0.2, 0.25) is 5.91 Å². The second-order valence-corrected chi connectivity index (χ2v) is 5.32. The zero-order valence-electron chi connectivity index (χ0n) is 11.0. The minimum atomic E-state index is -0.433. The Morgan fingerprint density at radius 3 is 2.90 bits per heavy atom. The maximum atomic E-state index is 11.6. The molecule has 0 spiro atoms. The van der Waals surface area contributed by atoms with Crippen LogP contribution in [0.4, 0.5) is 0 Å². The van der Waals surface area contributed by atoms with E-state index in [0.717, 1.165) is 33.5 Å². The van der Waals surface area contributed by atoms with Crippen molar-refractivity contribution in [3.05, 3.63) is 47.2 Å². The fourth-order valence-electron chi connectivity index (χ4n) is 2.28. The van der Waals surface area contributed by atoms with Gasteiger partial charge in [0.15, 0.2) is 0 Å². The number of fused-ring (bicyclic) bond motifs is 1. The van der Waals surface area contributed by atoms with Crippen molar-refractivity contribution in [3.63, 3.8) is 0 Å². The zero-order chi connectivity index (χ0) is 14.1. The first-order chi connectivity index (χ1) is 9.70. The van der Waals surface area contributed by atoms with Crippen molar-refractivity contribution in [1.29, 1.82) is 0 Å². The molecular weight excluding hydrogens is 270 g/mol. The van der Waals surface area contributed by atoms with E-state index >= 15 is 0 Å². The van der Waals surface area contributed by atoms with Crippen LogP contribution < -0.4 is 5.73 Å². The van der Waals surface area contributed by atoms with E-state index in [9.17, 15) is 4.79 Å². The van der Waals surface area contributed by atoms with E-state index < -0.39 is 5.91 Å². The lowest BCUT2D eigenvalue weighted by molar-refractivity contribution is 0.100. The molecule has 1 amide bonds. The van der Waals surface area contributed by atoms with Gasteiger partial charge in [-0.1, -0.05) is 13.0 Å². The number of carbonyl (C=O) groups is 1. The Kier molecular flexibility index (Phi) is 3.20. The quantitative estimate of drug-likeness (QED) is 0.803. The van der Waals surface area contributed by atoms with Crippen molar-refractivity contribution in [2.24, 2.45) is 5.73 Å². The number of nitrogens with two attached hydrogens (primary N) is 1. The molecule has 3 aromatic rings. The second kappa shape index (κ2) is 5.02. The molecule has 0 unspecified atom stereocenters. The predicted molar refractivity (Wildman–Crippen MR) is 80.7 cm³/mol. The van der Waals surface area contributed by atoms with Crippen molar-refractivity contribution in [2.45, 2.75) is 13.3 Å². The molecule has 0 saturated heterocycles. The zero-order valence-corrected chi connectivity index (χ0v) is 11.8. The number of benzene rings is 1. The van der Waals surface area contributed by atoms with E-state index in [1.165, 1.54) is 0 Å². The Balaban J connectivity index is 2.35. The molecule has 0 radical (unpaired) electrons. The topological polar surface area (TPSA) is 68.9 Å². The van der Waals surface area contributed by atoms with E-state index in [0.29, 0.717) is 5.56 Å². The van der Waals surface area contributed by atoms with Crippen molar-refractivity contribution < 1.29 is 4.79 Å². The predicted octanol–water partition coefficient (Wildman–Crippen LogP) is 3.02. The number of amides is 1. The molecule has 4 nitrogen and oxygen atoms in total. The van der Waals surface area contributed by atoms with E-state index in [4.69, 9.17) is 5.73 Å². The van der Waals surface area contributed by atoms with Gasteiger partial charge >= 0.3 is 0 Å². The molecule has 2 N–H and O–H groups in total. The number of hydrogen-bond donors (Lipinski definition) is 1. The van der Waals surface area contributed by atoms with E-state index in [1.807, 2.05) is 18.3 Å². The summed E-state index contributed by atoms with van der Waals surface area (Å²) in [6.45, 7) is 2.07. The van der Waals surface area contributed by atoms with Crippen LogP contribution in [0.15, 0.2) is 36.0 Å². The molecule has 20 heavy (non-hydrogen) atoms. The smallest absolute Gasteiger partial charge is 0.249 e. The van der Waals surface area contributed by atoms with Gasteiger partial charge in [-0.05, 0) is 24.6 Å². The number of hydrogen-bond acceptors (Lipinski definition) is 4. The summed E-state index contributed by atoms with van der Waals surface area (Å²) < 4.78 is 0. The SMILES string of the molecule is CCc1nc2cccc(C(N)=O)c2cc1-c1cncs1. The fraction of sp³-hybridized carbons (Fsp3) is 0.133. The Morgan fingerprint density at radius 1 is 1.40 bits per heavy atom. The van der Waals surface area contributed by atoms with Crippen molar-refractivity contribution >= 4 is 28.1 Å². The van der Waals surface area contributed by atoms with Crippen LogP contribution in [0.25, 0.3) is 21.3 Å². The molecule has 0 bridgehead atoms. The number of nitrogens with zero attached hydrogens (tertiary/aromatic N) is 2. The van der Waals surface area contributed by atoms with Gasteiger partial charge in [0, 0.05) is 28.4 Å². The normalized spacial score (nSPS) is 10.8. The Hall–Kier alpha value is -2.27. The van der Waals surface area contributed by atoms with Gasteiger partial charge < -0.3 is 5.73 Å². The van der Waals surface area contributed by atoms with Crippen LogP contribution in [0.5, 0.6) is 0 Å². The monoisotopic (exact) mass is 283 g/mol. The third-order valence-electron chi connectivity index (χ3n) is 3.24. The number of pyridine rings is 1. The Bertz CT molecular complexity index is 781. The molecule has 0 atom stereocenters. The minimum Gasteiger partial charge on any atom is -0.366 e. The number of rotatable bonds is 3. The Morgan fingerprint density at radius 2 is 2.25 bits per heavy atom. The van der Waals surface area contributed by atoms with Gasteiger partial charge in [-0.25, -0.2) is 0 Å². The van der Waals surface area contributed by atoms with Gasteiger partial charge in [0.1, 0.15) is 0 Å².